The summed E-state index contributed by atoms with van der Waals surface area (Å²) in [6.45, 7) is 6.60. The van der Waals surface area contributed by atoms with E-state index in [1.54, 1.807) is 7.11 Å². The van der Waals surface area contributed by atoms with Gasteiger partial charge in [-0.1, -0.05) is 20.8 Å². The molecule has 78 valence electrons. The van der Waals surface area contributed by atoms with Crippen LogP contribution in [-0.4, -0.2) is 25.4 Å². The highest BCUT2D eigenvalue weighted by atomic mass is 16.5. The normalized spacial score (nSPS) is 35.3. The van der Waals surface area contributed by atoms with Gasteiger partial charge in [0.25, 0.3) is 0 Å². The van der Waals surface area contributed by atoms with Crippen molar-refractivity contribution in [2.75, 3.05) is 7.11 Å². The molecular weight excluding hydrogens is 164 g/mol. The Balaban J connectivity index is 2.52. The Kier molecular flexibility index (Phi) is 4.20. The number of methoxy groups -OCH3 is 1. The van der Waals surface area contributed by atoms with Gasteiger partial charge >= 0.3 is 0 Å². The lowest BCUT2D eigenvalue weighted by molar-refractivity contribution is -0.146. The van der Waals surface area contributed by atoms with Gasteiger partial charge in [0.15, 0.2) is 0 Å². The van der Waals surface area contributed by atoms with E-state index in [0.717, 1.165) is 19.3 Å². The quantitative estimate of drug-likeness (QED) is 0.674. The summed E-state index contributed by atoms with van der Waals surface area (Å²) in [5.74, 6) is 0.555. The second-order valence-corrected chi connectivity index (χ2v) is 4.23. The van der Waals surface area contributed by atoms with E-state index >= 15 is 0 Å². The van der Waals surface area contributed by atoms with Crippen LogP contribution in [0.3, 0.4) is 0 Å². The van der Waals surface area contributed by atoms with E-state index in [2.05, 4.69) is 20.8 Å². The maximum Gasteiger partial charge on any atom is 0.0863 e. The monoisotopic (exact) mass is 186 g/mol. The third-order valence-electron chi connectivity index (χ3n) is 2.90. The van der Waals surface area contributed by atoms with Crippen molar-refractivity contribution in [2.24, 2.45) is 5.92 Å². The highest BCUT2D eigenvalue weighted by molar-refractivity contribution is 4.81. The van der Waals surface area contributed by atoms with Crippen molar-refractivity contribution >= 4 is 0 Å². The molecule has 1 rings (SSSR count). The molecule has 1 heterocycles. The number of hydrogen-bond acceptors (Lipinski definition) is 2. The third kappa shape index (κ3) is 2.68. The summed E-state index contributed by atoms with van der Waals surface area (Å²) < 4.78 is 11.4. The smallest absolute Gasteiger partial charge is 0.0863 e. The zero-order valence-corrected chi connectivity index (χ0v) is 9.25. The average molecular weight is 186 g/mol. The van der Waals surface area contributed by atoms with Gasteiger partial charge in [0.2, 0.25) is 0 Å². The van der Waals surface area contributed by atoms with E-state index in [0.29, 0.717) is 24.2 Å². The molecule has 1 saturated heterocycles. The summed E-state index contributed by atoms with van der Waals surface area (Å²) >= 11 is 0. The molecule has 0 radical (unpaired) electrons. The molecule has 1 fully saturated rings. The second kappa shape index (κ2) is 4.97. The van der Waals surface area contributed by atoms with Gasteiger partial charge in [-0.25, -0.2) is 0 Å². The Morgan fingerprint density at radius 2 is 2.08 bits per heavy atom. The van der Waals surface area contributed by atoms with E-state index in [9.17, 15) is 0 Å². The predicted molar refractivity (Wildman–Crippen MR) is 53.8 cm³/mol. The lowest BCUT2D eigenvalue weighted by atomic mass is 9.93. The molecule has 0 unspecified atom stereocenters. The Hall–Kier alpha value is -0.0800. The van der Waals surface area contributed by atoms with Crippen LogP contribution in [0.2, 0.25) is 0 Å². The SMILES string of the molecule is CC[C@H]1CC[C@H](OC)[C@@H](C(C)C)O1. The van der Waals surface area contributed by atoms with Crippen LogP contribution in [0.5, 0.6) is 0 Å². The molecule has 0 aromatic rings. The standard InChI is InChI=1S/C11H22O2/c1-5-9-6-7-10(12-4)11(13-9)8(2)3/h8-11H,5-7H2,1-4H3/t9-,10-,11+/m0/s1. The van der Waals surface area contributed by atoms with E-state index in [-0.39, 0.29) is 0 Å². The molecule has 1 aliphatic heterocycles. The van der Waals surface area contributed by atoms with Gasteiger partial charge in [0, 0.05) is 7.11 Å². The van der Waals surface area contributed by atoms with Gasteiger partial charge in [0.1, 0.15) is 0 Å². The van der Waals surface area contributed by atoms with Crippen LogP contribution in [-0.2, 0) is 9.47 Å². The van der Waals surface area contributed by atoms with Crippen LogP contribution in [0.1, 0.15) is 40.0 Å². The topological polar surface area (TPSA) is 18.5 Å². The first-order valence-corrected chi connectivity index (χ1v) is 5.37. The summed E-state index contributed by atoms with van der Waals surface area (Å²) in [4.78, 5) is 0. The maximum absolute atomic E-state index is 5.98. The molecule has 13 heavy (non-hydrogen) atoms. The number of rotatable bonds is 3. The first-order chi connectivity index (χ1) is 6.19. The van der Waals surface area contributed by atoms with Crippen LogP contribution in [0.25, 0.3) is 0 Å². The molecule has 0 aromatic carbocycles. The van der Waals surface area contributed by atoms with Crippen LogP contribution < -0.4 is 0 Å². The van der Waals surface area contributed by atoms with Crippen molar-refractivity contribution in [1.82, 2.24) is 0 Å². The average Bonchev–Trinajstić information content (AvgIpc) is 2.16. The molecule has 1 aliphatic rings. The molecule has 3 atom stereocenters. The summed E-state index contributed by atoms with van der Waals surface area (Å²) in [7, 11) is 1.79. The van der Waals surface area contributed by atoms with Gasteiger partial charge in [-0.2, -0.15) is 0 Å². The number of hydrogen-bond donors (Lipinski definition) is 0. The summed E-state index contributed by atoms with van der Waals surface area (Å²) in [5, 5.41) is 0. The van der Waals surface area contributed by atoms with Gasteiger partial charge in [-0.15, -0.1) is 0 Å². The zero-order valence-electron chi connectivity index (χ0n) is 9.25. The molecule has 0 spiro atoms. The van der Waals surface area contributed by atoms with Crippen LogP contribution in [0.4, 0.5) is 0 Å². The molecule has 0 saturated carbocycles. The van der Waals surface area contributed by atoms with E-state index < -0.39 is 0 Å². The van der Waals surface area contributed by atoms with Crippen molar-refractivity contribution < 1.29 is 9.47 Å². The first-order valence-electron chi connectivity index (χ1n) is 5.37. The minimum absolute atomic E-state index is 0.295. The fraction of sp³-hybridized carbons (Fsp3) is 1.00. The number of ether oxygens (including phenoxy) is 2. The fourth-order valence-corrected chi connectivity index (χ4v) is 2.03. The molecule has 0 aromatic heterocycles. The summed E-state index contributed by atoms with van der Waals surface area (Å²) in [6, 6.07) is 0. The van der Waals surface area contributed by atoms with Crippen LogP contribution >= 0.6 is 0 Å². The second-order valence-electron chi connectivity index (χ2n) is 4.23. The van der Waals surface area contributed by atoms with Crippen molar-refractivity contribution in [3.8, 4) is 0 Å². The van der Waals surface area contributed by atoms with E-state index in [4.69, 9.17) is 9.47 Å². The van der Waals surface area contributed by atoms with Gasteiger partial charge < -0.3 is 9.47 Å². The molecule has 0 aliphatic carbocycles. The highest BCUT2D eigenvalue weighted by Crippen LogP contribution is 2.27. The van der Waals surface area contributed by atoms with Gasteiger partial charge in [0.05, 0.1) is 18.3 Å². The molecule has 0 N–H and O–H groups in total. The Labute approximate surface area is 81.6 Å². The summed E-state index contributed by atoms with van der Waals surface area (Å²) in [5.41, 5.74) is 0. The Bertz CT molecular complexity index is 145. The van der Waals surface area contributed by atoms with Crippen LogP contribution in [0.15, 0.2) is 0 Å². The lowest BCUT2D eigenvalue weighted by Crippen LogP contribution is -2.42. The lowest BCUT2D eigenvalue weighted by Gasteiger charge is -2.37. The molecule has 2 nitrogen and oxygen atoms in total. The predicted octanol–water partition coefficient (Wildman–Crippen LogP) is 2.62. The van der Waals surface area contributed by atoms with Crippen molar-refractivity contribution in [3.63, 3.8) is 0 Å². The minimum atomic E-state index is 0.295. The van der Waals surface area contributed by atoms with Gasteiger partial charge in [-0.05, 0) is 25.2 Å². The van der Waals surface area contributed by atoms with Crippen molar-refractivity contribution in [3.05, 3.63) is 0 Å². The Morgan fingerprint density at radius 1 is 1.38 bits per heavy atom. The van der Waals surface area contributed by atoms with E-state index in [1.807, 2.05) is 0 Å². The first kappa shape index (κ1) is 11.0. The molecular formula is C11H22O2. The summed E-state index contributed by atoms with van der Waals surface area (Å²) in [6.07, 6.45) is 4.49. The van der Waals surface area contributed by atoms with Crippen LogP contribution in [0, 0.1) is 5.92 Å². The zero-order chi connectivity index (χ0) is 9.84. The van der Waals surface area contributed by atoms with E-state index in [1.165, 1.54) is 0 Å². The van der Waals surface area contributed by atoms with Gasteiger partial charge in [-0.3, -0.25) is 0 Å². The maximum atomic E-state index is 5.98. The molecule has 0 amide bonds. The van der Waals surface area contributed by atoms with Crippen molar-refractivity contribution in [1.29, 1.82) is 0 Å². The largest absolute Gasteiger partial charge is 0.379 e. The fourth-order valence-electron chi connectivity index (χ4n) is 2.03. The third-order valence-corrected chi connectivity index (χ3v) is 2.90. The Morgan fingerprint density at radius 3 is 2.54 bits per heavy atom. The highest BCUT2D eigenvalue weighted by Gasteiger charge is 2.32. The minimum Gasteiger partial charge on any atom is -0.379 e. The molecule has 2 heteroatoms. The molecule has 0 bridgehead atoms. The van der Waals surface area contributed by atoms with Crippen molar-refractivity contribution in [2.45, 2.75) is 58.3 Å².